The molecule has 0 atom stereocenters. The van der Waals surface area contributed by atoms with Gasteiger partial charge in [-0.3, -0.25) is 4.79 Å². The molecule has 0 aromatic heterocycles. The molecule has 3 aromatic carbocycles. The van der Waals surface area contributed by atoms with E-state index < -0.39 is 0 Å². The molecular formula is C24H20N2O3. The van der Waals surface area contributed by atoms with Gasteiger partial charge in [-0.25, -0.2) is 0 Å². The number of ether oxygens (including phenoxy) is 2. The predicted molar refractivity (Wildman–Crippen MR) is 113 cm³/mol. The third kappa shape index (κ3) is 5.24. The first kappa shape index (κ1) is 19.7. The molecule has 0 saturated carbocycles. The van der Waals surface area contributed by atoms with E-state index in [-0.39, 0.29) is 5.91 Å². The lowest BCUT2D eigenvalue weighted by Gasteiger charge is -2.10. The fourth-order valence-electron chi connectivity index (χ4n) is 2.72. The SMILES string of the molecule is COc1ccccc1C=CC(=O)Nc1ccc(Oc2ccc(C#N)cc2)cc1C. The summed E-state index contributed by atoms with van der Waals surface area (Å²) in [6.07, 6.45) is 3.18. The summed E-state index contributed by atoms with van der Waals surface area (Å²) in [5.74, 6) is 1.76. The average molecular weight is 384 g/mol. The molecule has 29 heavy (non-hydrogen) atoms. The van der Waals surface area contributed by atoms with Gasteiger partial charge in [0.05, 0.1) is 18.7 Å². The van der Waals surface area contributed by atoms with Gasteiger partial charge >= 0.3 is 0 Å². The standard InChI is InChI=1S/C24H20N2O3/c1-17-15-21(29-20-10-7-18(16-25)8-11-20)12-13-22(17)26-24(27)14-9-19-5-3-4-6-23(19)28-2/h3-15H,1-2H3,(H,26,27). The number of hydrogen-bond acceptors (Lipinski definition) is 4. The summed E-state index contributed by atoms with van der Waals surface area (Å²) in [6.45, 7) is 1.89. The molecule has 0 bridgehead atoms. The molecule has 0 aliphatic carbocycles. The Morgan fingerprint density at radius 1 is 1.03 bits per heavy atom. The topological polar surface area (TPSA) is 71.3 Å². The second-order valence-electron chi connectivity index (χ2n) is 6.28. The van der Waals surface area contributed by atoms with Crippen LogP contribution < -0.4 is 14.8 Å². The number of aryl methyl sites for hydroxylation is 1. The van der Waals surface area contributed by atoms with E-state index in [4.69, 9.17) is 14.7 Å². The van der Waals surface area contributed by atoms with Crippen molar-refractivity contribution in [1.82, 2.24) is 0 Å². The Morgan fingerprint density at radius 2 is 1.76 bits per heavy atom. The predicted octanol–water partition coefficient (Wildman–Crippen LogP) is 5.32. The number of nitrogens with zero attached hydrogens (tertiary/aromatic N) is 1. The maximum atomic E-state index is 12.3. The number of para-hydroxylation sites is 1. The van der Waals surface area contributed by atoms with Crippen LogP contribution in [0.4, 0.5) is 5.69 Å². The van der Waals surface area contributed by atoms with Gasteiger partial charge in [-0.15, -0.1) is 0 Å². The molecule has 0 radical (unpaired) electrons. The van der Waals surface area contributed by atoms with E-state index in [1.165, 1.54) is 6.08 Å². The van der Waals surface area contributed by atoms with Crippen molar-refractivity contribution in [3.05, 3.63) is 89.5 Å². The molecule has 0 aliphatic rings. The van der Waals surface area contributed by atoms with Gasteiger partial charge in [0.15, 0.2) is 0 Å². The van der Waals surface area contributed by atoms with Crippen molar-refractivity contribution >= 4 is 17.7 Å². The van der Waals surface area contributed by atoms with E-state index in [2.05, 4.69) is 11.4 Å². The zero-order valence-electron chi connectivity index (χ0n) is 16.2. The molecule has 1 N–H and O–H groups in total. The molecule has 144 valence electrons. The van der Waals surface area contributed by atoms with Crippen molar-refractivity contribution < 1.29 is 14.3 Å². The van der Waals surface area contributed by atoms with Gasteiger partial charge in [0.1, 0.15) is 17.2 Å². The molecule has 0 saturated heterocycles. The highest BCUT2D eigenvalue weighted by atomic mass is 16.5. The zero-order valence-corrected chi connectivity index (χ0v) is 16.2. The summed E-state index contributed by atoms with van der Waals surface area (Å²) in [7, 11) is 1.59. The third-order valence-electron chi connectivity index (χ3n) is 4.23. The molecule has 0 unspecified atom stereocenters. The quantitative estimate of drug-likeness (QED) is 0.584. The van der Waals surface area contributed by atoms with Crippen molar-refractivity contribution in [2.75, 3.05) is 12.4 Å². The highest BCUT2D eigenvalue weighted by Gasteiger charge is 2.06. The molecule has 0 spiro atoms. The number of carbonyl (C=O) groups is 1. The van der Waals surface area contributed by atoms with Crippen molar-refractivity contribution in [2.24, 2.45) is 0 Å². The van der Waals surface area contributed by atoms with Crippen LogP contribution in [-0.2, 0) is 4.79 Å². The normalized spacial score (nSPS) is 10.4. The van der Waals surface area contributed by atoms with E-state index in [0.717, 1.165) is 11.1 Å². The van der Waals surface area contributed by atoms with E-state index >= 15 is 0 Å². The number of carbonyl (C=O) groups excluding carboxylic acids is 1. The maximum Gasteiger partial charge on any atom is 0.248 e. The van der Waals surface area contributed by atoms with Crippen LogP contribution in [0.1, 0.15) is 16.7 Å². The van der Waals surface area contributed by atoms with Crippen LogP contribution in [0.5, 0.6) is 17.2 Å². The lowest BCUT2D eigenvalue weighted by atomic mass is 10.1. The molecule has 0 aliphatic heterocycles. The van der Waals surface area contributed by atoms with Gasteiger partial charge in [-0.05, 0) is 67.1 Å². The van der Waals surface area contributed by atoms with Crippen LogP contribution in [0.3, 0.4) is 0 Å². The third-order valence-corrected chi connectivity index (χ3v) is 4.23. The van der Waals surface area contributed by atoms with Crippen LogP contribution in [0.2, 0.25) is 0 Å². The number of nitrogens with one attached hydrogen (secondary N) is 1. The summed E-state index contributed by atoms with van der Waals surface area (Å²) in [6, 6.07) is 21.9. The Morgan fingerprint density at radius 3 is 2.45 bits per heavy atom. The lowest BCUT2D eigenvalue weighted by Crippen LogP contribution is -2.09. The number of nitriles is 1. The van der Waals surface area contributed by atoms with Crippen LogP contribution in [0.25, 0.3) is 6.08 Å². The van der Waals surface area contributed by atoms with Gasteiger partial charge in [0, 0.05) is 17.3 Å². The van der Waals surface area contributed by atoms with Crippen molar-refractivity contribution in [2.45, 2.75) is 6.92 Å². The van der Waals surface area contributed by atoms with Crippen molar-refractivity contribution in [3.8, 4) is 23.3 Å². The van der Waals surface area contributed by atoms with Gasteiger partial charge in [0.2, 0.25) is 5.91 Å². The van der Waals surface area contributed by atoms with Gasteiger partial charge < -0.3 is 14.8 Å². The minimum Gasteiger partial charge on any atom is -0.496 e. The molecule has 0 heterocycles. The van der Waals surface area contributed by atoms with E-state index in [1.807, 2.05) is 37.3 Å². The summed E-state index contributed by atoms with van der Waals surface area (Å²) in [4.78, 5) is 12.3. The fourth-order valence-corrected chi connectivity index (χ4v) is 2.72. The number of amides is 1. The first-order chi connectivity index (χ1) is 14.1. The largest absolute Gasteiger partial charge is 0.496 e. The fraction of sp³-hybridized carbons (Fsp3) is 0.0833. The Kier molecular flexibility index (Phi) is 6.29. The van der Waals surface area contributed by atoms with Crippen molar-refractivity contribution in [1.29, 1.82) is 5.26 Å². The number of methoxy groups -OCH3 is 1. The zero-order chi connectivity index (χ0) is 20.6. The van der Waals surface area contributed by atoms with E-state index in [0.29, 0.717) is 28.5 Å². The van der Waals surface area contributed by atoms with Gasteiger partial charge in [-0.1, -0.05) is 18.2 Å². The van der Waals surface area contributed by atoms with Crippen LogP contribution in [-0.4, -0.2) is 13.0 Å². The lowest BCUT2D eigenvalue weighted by molar-refractivity contribution is -0.111. The molecule has 5 heteroatoms. The molecular weight excluding hydrogens is 364 g/mol. The highest BCUT2D eigenvalue weighted by Crippen LogP contribution is 2.26. The van der Waals surface area contributed by atoms with Crippen molar-refractivity contribution in [3.63, 3.8) is 0 Å². The molecule has 1 amide bonds. The number of benzene rings is 3. The number of rotatable bonds is 6. The highest BCUT2D eigenvalue weighted by molar-refractivity contribution is 6.02. The Labute approximate surface area is 169 Å². The molecule has 5 nitrogen and oxygen atoms in total. The van der Waals surface area contributed by atoms with E-state index in [9.17, 15) is 4.79 Å². The van der Waals surface area contributed by atoms with Crippen LogP contribution in [0.15, 0.2) is 72.8 Å². The van der Waals surface area contributed by atoms with Crippen LogP contribution in [0, 0.1) is 18.3 Å². The smallest absolute Gasteiger partial charge is 0.248 e. The summed E-state index contributed by atoms with van der Waals surface area (Å²) in [5, 5.41) is 11.7. The molecule has 3 rings (SSSR count). The Balaban J connectivity index is 1.66. The van der Waals surface area contributed by atoms with Crippen LogP contribution >= 0.6 is 0 Å². The second-order valence-corrected chi connectivity index (χ2v) is 6.28. The Hall–Kier alpha value is -4.04. The summed E-state index contributed by atoms with van der Waals surface area (Å²) in [5.41, 5.74) is 2.97. The minimum atomic E-state index is -0.236. The summed E-state index contributed by atoms with van der Waals surface area (Å²) < 4.78 is 11.1. The minimum absolute atomic E-state index is 0.236. The number of hydrogen-bond donors (Lipinski definition) is 1. The Bertz CT molecular complexity index is 1080. The molecule has 3 aromatic rings. The summed E-state index contributed by atoms with van der Waals surface area (Å²) >= 11 is 0. The first-order valence-electron chi connectivity index (χ1n) is 9.00. The molecule has 0 fully saturated rings. The maximum absolute atomic E-state index is 12.3. The average Bonchev–Trinajstić information content (AvgIpc) is 2.75. The van der Waals surface area contributed by atoms with Gasteiger partial charge in [-0.2, -0.15) is 5.26 Å². The van der Waals surface area contributed by atoms with E-state index in [1.54, 1.807) is 49.6 Å². The number of anilines is 1. The first-order valence-corrected chi connectivity index (χ1v) is 9.00. The monoisotopic (exact) mass is 384 g/mol. The van der Waals surface area contributed by atoms with Gasteiger partial charge in [0.25, 0.3) is 0 Å². The second kappa shape index (κ2) is 9.25.